The van der Waals surface area contributed by atoms with Gasteiger partial charge in [0, 0.05) is 6.08 Å². The molecule has 0 bridgehead atoms. The van der Waals surface area contributed by atoms with Gasteiger partial charge in [0.05, 0.1) is 0 Å². The van der Waals surface area contributed by atoms with Crippen molar-refractivity contribution >= 4 is 5.97 Å². The minimum atomic E-state index is -0.914. The molecule has 1 aromatic rings. The van der Waals surface area contributed by atoms with Crippen molar-refractivity contribution in [3.63, 3.8) is 0 Å². The zero-order valence-electron chi connectivity index (χ0n) is 9.55. The molecule has 1 aliphatic heterocycles. The molecule has 0 aliphatic carbocycles. The van der Waals surface area contributed by atoms with E-state index in [0.717, 1.165) is 23.5 Å². The number of ether oxygens (including phenoxy) is 2. The first-order valence-corrected chi connectivity index (χ1v) is 5.45. The number of benzene rings is 1. The van der Waals surface area contributed by atoms with E-state index in [1.807, 2.05) is 25.1 Å². The average molecular weight is 234 g/mol. The van der Waals surface area contributed by atoms with E-state index in [1.165, 1.54) is 6.08 Å². The lowest BCUT2D eigenvalue weighted by molar-refractivity contribution is -0.131. The Morgan fingerprint density at radius 2 is 2.24 bits per heavy atom. The Balaban J connectivity index is 2.01. The quantitative estimate of drug-likeness (QED) is 0.812. The van der Waals surface area contributed by atoms with Gasteiger partial charge in [-0.2, -0.15) is 0 Å². The number of fused-ring (bicyclic) bond motifs is 1. The van der Waals surface area contributed by atoms with E-state index in [0.29, 0.717) is 0 Å². The molecule has 0 saturated heterocycles. The van der Waals surface area contributed by atoms with Crippen molar-refractivity contribution in [2.75, 3.05) is 6.79 Å². The molecular weight excluding hydrogens is 220 g/mol. The second-order valence-corrected chi connectivity index (χ2v) is 4.07. The molecule has 1 N–H and O–H groups in total. The minimum absolute atomic E-state index is 0.173. The number of rotatable bonds is 4. The summed E-state index contributed by atoms with van der Waals surface area (Å²) >= 11 is 0. The summed E-state index contributed by atoms with van der Waals surface area (Å²) in [7, 11) is 0. The first-order valence-electron chi connectivity index (χ1n) is 5.45. The van der Waals surface area contributed by atoms with Crippen LogP contribution in [0.4, 0.5) is 0 Å². The highest BCUT2D eigenvalue weighted by Crippen LogP contribution is 2.33. The van der Waals surface area contributed by atoms with Crippen LogP contribution in [0.5, 0.6) is 11.5 Å². The number of carboxylic acids is 1. The molecule has 0 radical (unpaired) electrons. The van der Waals surface area contributed by atoms with Crippen LogP contribution in [0.25, 0.3) is 0 Å². The maximum atomic E-state index is 10.4. The highest BCUT2D eigenvalue weighted by atomic mass is 16.7. The molecule has 1 aliphatic rings. The van der Waals surface area contributed by atoms with E-state index in [1.54, 1.807) is 6.08 Å². The van der Waals surface area contributed by atoms with Crippen LogP contribution in [0.15, 0.2) is 30.4 Å². The summed E-state index contributed by atoms with van der Waals surface area (Å²) in [4.78, 5) is 10.4. The summed E-state index contributed by atoms with van der Waals surface area (Å²) in [6, 6.07) is 5.79. The summed E-state index contributed by atoms with van der Waals surface area (Å²) in [5, 5.41) is 8.53. The lowest BCUT2D eigenvalue weighted by Crippen LogP contribution is -1.98. The molecule has 1 heterocycles. The third kappa shape index (κ3) is 3.00. The molecule has 0 saturated carbocycles. The van der Waals surface area contributed by atoms with Crippen LogP contribution in [0.3, 0.4) is 0 Å². The number of aliphatic carboxylic acids is 1. The fraction of sp³-hybridized carbons (Fsp3) is 0.308. The maximum absolute atomic E-state index is 10.4. The molecular formula is C13H14O4. The van der Waals surface area contributed by atoms with E-state index in [4.69, 9.17) is 14.6 Å². The molecule has 0 fully saturated rings. The van der Waals surface area contributed by atoms with Gasteiger partial charge in [-0.1, -0.05) is 19.1 Å². The molecule has 1 atom stereocenters. The van der Waals surface area contributed by atoms with Crippen LogP contribution in [0.1, 0.15) is 12.5 Å². The molecule has 2 rings (SSSR count). The summed E-state index contributed by atoms with van der Waals surface area (Å²) in [5.41, 5.74) is 1.11. The largest absolute Gasteiger partial charge is 0.478 e. The average Bonchev–Trinajstić information content (AvgIpc) is 2.73. The fourth-order valence-corrected chi connectivity index (χ4v) is 1.75. The molecule has 17 heavy (non-hydrogen) atoms. The van der Waals surface area contributed by atoms with Gasteiger partial charge in [0.25, 0.3) is 0 Å². The van der Waals surface area contributed by atoms with Crippen LogP contribution in [-0.4, -0.2) is 17.9 Å². The van der Waals surface area contributed by atoms with E-state index < -0.39 is 5.97 Å². The first-order chi connectivity index (χ1) is 8.15. The zero-order chi connectivity index (χ0) is 12.3. The highest BCUT2D eigenvalue weighted by molar-refractivity contribution is 5.79. The van der Waals surface area contributed by atoms with Crippen LogP contribution in [0, 0.1) is 5.92 Å². The van der Waals surface area contributed by atoms with Crippen LogP contribution < -0.4 is 9.47 Å². The van der Waals surface area contributed by atoms with E-state index in [2.05, 4.69) is 0 Å². The smallest absolute Gasteiger partial charge is 0.327 e. The monoisotopic (exact) mass is 234 g/mol. The lowest BCUT2D eigenvalue weighted by atomic mass is 10.0. The van der Waals surface area contributed by atoms with Gasteiger partial charge in [0.15, 0.2) is 11.5 Å². The molecule has 90 valence electrons. The molecule has 0 amide bonds. The number of hydrogen-bond acceptors (Lipinski definition) is 3. The second kappa shape index (κ2) is 4.91. The van der Waals surface area contributed by atoms with Gasteiger partial charge in [-0.05, 0) is 30.0 Å². The van der Waals surface area contributed by atoms with Gasteiger partial charge in [-0.15, -0.1) is 0 Å². The Morgan fingerprint density at radius 3 is 3.00 bits per heavy atom. The van der Waals surface area contributed by atoms with E-state index >= 15 is 0 Å². The van der Waals surface area contributed by atoms with Gasteiger partial charge in [-0.25, -0.2) is 4.79 Å². The van der Waals surface area contributed by atoms with Crippen molar-refractivity contribution in [2.45, 2.75) is 13.3 Å². The SMILES string of the molecule is CC(C=CC(=O)O)Cc1ccc2c(c1)OCO2. The van der Waals surface area contributed by atoms with Gasteiger partial charge in [-0.3, -0.25) is 0 Å². The normalized spacial score (nSPS) is 15.1. The Bertz CT molecular complexity index is 451. The second-order valence-electron chi connectivity index (χ2n) is 4.07. The summed E-state index contributed by atoms with van der Waals surface area (Å²) < 4.78 is 10.5. The van der Waals surface area contributed by atoms with Crippen molar-refractivity contribution in [2.24, 2.45) is 5.92 Å². The van der Waals surface area contributed by atoms with Crippen molar-refractivity contribution in [3.8, 4) is 11.5 Å². The molecule has 1 unspecified atom stereocenters. The van der Waals surface area contributed by atoms with Gasteiger partial charge >= 0.3 is 5.97 Å². The Morgan fingerprint density at radius 1 is 1.47 bits per heavy atom. The number of carbonyl (C=O) groups is 1. The molecule has 4 nitrogen and oxygen atoms in total. The molecule has 4 heteroatoms. The highest BCUT2D eigenvalue weighted by Gasteiger charge is 2.13. The topological polar surface area (TPSA) is 55.8 Å². The lowest BCUT2D eigenvalue weighted by Gasteiger charge is -2.06. The Hall–Kier alpha value is -1.97. The Kier molecular flexibility index (Phi) is 3.32. The van der Waals surface area contributed by atoms with Crippen molar-refractivity contribution in [1.29, 1.82) is 0 Å². The third-order valence-corrected chi connectivity index (χ3v) is 2.56. The number of allylic oxidation sites excluding steroid dienone is 1. The predicted molar refractivity (Wildman–Crippen MR) is 62.2 cm³/mol. The predicted octanol–water partition coefficient (Wildman–Crippen LogP) is 2.23. The molecule has 1 aromatic carbocycles. The number of carboxylic acid groups (broad SMARTS) is 1. The zero-order valence-corrected chi connectivity index (χ0v) is 9.55. The standard InChI is InChI=1S/C13H14O4/c1-9(2-5-13(14)15)6-10-3-4-11-12(7-10)17-8-16-11/h2-5,7,9H,6,8H2,1H3,(H,14,15). The van der Waals surface area contributed by atoms with Crippen molar-refractivity contribution in [1.82, 2.24) is 0 Å². The molecule has 0 spiro atoms. The van der Waals surface area contributed by atoms with E-state index in [9.17, 15) is 4.79 Å². The maximum Gasteiger partial charge on any atom is 0.327 e. The molecule has 0 aromatic heterocycles. The third-order valence-electron chi connectivity index (χ3n) is 2.56. The van der Waals surface area contributed by atoms with Crippen LogP contribution >= 0.6 is 0 Å². The summed E-state index contributed by atoms with van der Waals surface area (Å²) in [5.74, 6) is 0.786. The fourth-order valence-electron chi connectivity index (χ4n) is 1.75. The Labute approximate surface area is 99.5 Å². The summed E-state index contributed by atoms with van der Waals surface area (Å²) in [6.07, 6.45) is 3.64. The summed E-state index contributed by atoms with van der Waals surface area (Å²) in [6.45, 7) is 2.25. The van der Waals surface area contributed by atoms with Crippen LogP contribution in [0.2, 0.25) is 0 Å². The van der Waals surface area contributed by atoms with E-state index in [-0.39, 0.29) is 12.7 Å². The van der Waals surface area contributed by atoms with Gasteiger partial charge in [0.1, 0.15) is 0 Å². The minimum Gasteiger partial charge on any atom is -0.478 e. The number of hydrogen-bond donors (Lipinski definition) is 1. The van der Waals surface area contributed by atoms with Gasteiger partial charge < -0.3 is 14.6 Å². The van der Waals surface area contributed by atoms with Crippen LogP contribution in [-0.2, 0) is 11.2 Å². The van der Waals surface area contributed by atoms with Gasteiger partial charge in [0.2, 0.25) is 6.79 Å². The first kappa shape index (κ1) is 11.5. The van der Waals surface area contributed by atoms with Crippen molar-refractivity contribution in [3.05, 3.63) is 35.9 Å². The van der Waals surface area contributed by atoms with Crippen molar-refractivity contribution < 1.29 is 19.4 Å².